The van der Waals surface area contributed by atoms with Crippen LogP contribution in [0.15, 0.2) is 40.7 Å². The molecule has 3 aromatic rings. The van der Waals surface area contributed by atoms with E-state index in [1.165, 1.54) is 30.0 Å². The summed E-state index contributed by atoms with van der Waals surface area (Å²) >= 11 is 2.30. The zero-order valence-electron chi connectivity index (χ0n) is 19.2. The number of nitro groups is 1. The van der Waals surface area contributed by atoms with Crippen LogP contribution in [-0.2, 0) is 11.2 Å². The number of hydrogen-bond acceptors (Lipinski definition) is 10. The number of nitro benzene ring substituents is 1. The molecular weight excluding hydrogens is 494 g/mol. The van der Waals surface area contributed by atoms with E-state index in [2.05, 4.69) is 20.8 Å². The summed E-state index contributed by atoms with van der Waals surface area (Å²) < 4.78 is 11.0. The van der Waals surface area contributed by atoms with E-state index in [0.29, 0.717) is 34.4 Å². The second kappa shape index (κ2) is 12.1. The van der Waals surface area contributed by atoms with Gasteiger partial charge in [-0.15, -0.1) is 10.2 Å². The maximum absolute atomic E-state index is 12.4. The lowest BCUT2D eigenvalue weighted by Crippen LogP contribution is -2.27. The molecule has 35 heavy (non-hydrogen) atoms. The van der Waals surface area contributed by atoms with Crippen LogP contribution in [0.25, 0.3) is 0 Å². The number of aromatic nitrogens is 2. The van der Waals surface area contributed by atoms with Gasteiger partial charge in [0.2, 0.25) is 11.0 Å². The number of methoxy groups -OCH3 is 2. The zero-order chi connectivity index (χ0) is 25.4. The van der Waals surface area contributed by atoms with Crippen molar-refractivity contribution in [3.8, 4) is 11.5 Å². The normalized spacial score (nSPS) is 10.5. The van der Waals surface area contributed by atoms with E-state index in [9.17, 15) is 19.7 Å². The molecule has 2 amide bonds. The van der Waals surface area contributed by atoms with E-state index in [-0.39, 0.29) is 28.0 Å². The molecule has 2 N–H and O–H groups in total. The van der Waals surface area contributed by atoms with Crippen molar-refractivity contribution in [1.29, 1.82) is 0 Å². The largest absolute Gasteiger partial charge is 0.493 e. The first kappa shape index (κ1) is 25.9. The van der Waals surface area contributed by atoms with Crippen LogP contribution in [-0.4, -0.2) is 53.5 Å². The Morgan fingerprint density at radius 3 is 2.60 bits per heavy atom. The van der Waals surface area contributed by atoms with Crippen molar-refractivity contribution in [3.63, 3.8) is 0 Å². The molecule has 0 unspecified atom stereocenters. The number of ether oxygens (including phenoxy) is 2. The third kappa shape index (κ3) is 7.13. The van der Waals surface area contributed by atoms with Crippen LogP contribution >= 0.6 is 23.1 Å². The number of nitrogens with zero attached hydrogens (tertiary/aromatic N) is 3. The van der Waals surface area contributed by atoms with Crippen LogP contribution in [0.5, 0.6) is 11.5 Å². The third-order valence-corrected chi connectivity index (χ3v) is 6.78. The van der Waals surface area contributed by atoms with E-state index in [4.69, 9.17) is 9.47 Å². The Hall–Kier alpha value is -3.71. The molecule has 0 atom stereocenters. The first-order chi connectivity index (χ1) is 16.8. The predicted octanol–water partition coefficient (Wildman–Crippen LogP) is 3.48. The van der Waals surface area contributed by atoms with Gasteiger partial charge in [-0.2, -0.15) is 0 Å². The Morgan fingerprint density at radius 1 is 1.11 bits per heavy atom. The smallest absolute Gasteiger partial charge is 0.273 e. The van der Waals surface area contributed by atoms with Crippen LogP contribution in [0.2, 0.25) is 0 Å². The summed E-state index contributed by atoms with van der Waals surface area (Å²) in [6, 6.07) is 9.82. The van der Waals surface area contributed by atoms with Gasteiger partial charge in [-0.05, 0) is 37.1 Å². The van der Waals surface area contributed by atoms with Gasteiger partial charge in [-0.3, -0.25) is 25.0 Å². The molecule has 11 nitrogen and oxygen atoms in total. The number of hydrogen-bond donors (Lipinski definition) is 2. The molecule has 0 saturated carbocycles. The molecule has 1 aromatic heterocycles. The summed E-state index contributed by atoms with van der Waals surface area (Å²) in [4.78, 5) is 35.1. The number of amides is 2. The Morgan fingerprint density at radius 2 is 1.89 bits per heavy atom. The maximum atomic E-state index is 12.4. The Bertz CT molecular complexity index is 1230. The fraction of sp³-hybridized carbons (Fsp3) is 0.273. The summed E-state index contributed by atoms with van der Waals surface area (Å²) in [5.41, 5.74) is 1.46. The first-order valence-corrected chi connectivity index (χ1v) is 12.1. The van der Waals surface area contributed by atoms with Crippen molar-refractivity contribution < 1.29 is 24.0 Å². The average molecular weight is 518 g/mol. The molecule has 3 rings (SSSR count). The second-order valence-corrected chi connectivity index (χ2v) is 9.36. The van der Waals surface area contributed by atoms with Crippen LogP contribution in [0.4, 0.5) is 10.8 Å². The maximum Gasteiger partial charge on any atom is 0.273 e. The van der Waals surface area contributed by atoms with Gasteiger partial charge in [0.25, 0.3) is 11.6 Å². The molecule has 0 saturated heterocycles. The number of aryl methyl sites for hydroxylation is 1. The molecule has 1 heterocycles. The van der Waals surface area contributed by atoms with Crippen molar-refractivity contribution >= 4 is 45.7 Å². The Labute approximate surface area is 209 Å². The fourth-order valence-electron chi connectivity index (χ4n) is 3.00. The minimum absolute atomic E-state index is 0.136. The van der Waals surface area contributed by atoms with Crippen LogP contribution in [0.3, 0.4) is 0 Å². The summed E-state index contributed by atoms with van der Waals surface area (Å²) in [5.74, 6) is 0.714. The van der Waals surface area contributed by atoms with Gasteiger partial charge in [0.15, 0.2) is 15.8 Å². The SMILES string of the molecule is COc1ccc(CCNC(=O)CSc2nnc(NC(=O)c3ccc(C)c([N+](=O)[O-])c3)s2)cc1OC. The average Bonchev–Trinajstić information content (AvgIpc) is 3.29. The lowest BCUT2D eigenvalue weighted by molar-refractivity contribution is -0.385. The highest BCUT2D eigenvalue weighted by Crippen LogP contribution is 2.28. The van der Waals surface area contributed by atoms with Crippen LogP contribution in [0, 0.1) is 17.0 Å². The molecule has 0 aliphatic carbocycles. The minimum Gasteiger partial charge on any atom is -0.493 e. The number of thioether (sulfide) groups is 1. The molecule has 13 heteroatoms. The molecule has 0 aliphatic heterocycles. The van der Waals surface area contributed by atoms with Gasteiger partial charge >= 0.3 is 0 Å². The van der Waals surface area contributed by atoms with Crippen molar-refractivity contribution in [2.75, 3.05) is 31.8 Å². The predicted molar refractivity (Wildman–Crippen MR) is 133 cm³/mol. The molecule has 184 valence electrons. The second-order valence-electron chi connectivity index (χ2n) is 7.16. The van der Waals surface area contributed by atoms with Crippen molar-refractivity contribution in [1.82, 2.24) is 15.5 Å². The highest BCUT2D eigenvalue weighted by atomic mass is 32.2. The highest BCUT2D eigenvalue weighted by molar-refractivity contribution is 8.01. The van der Waals surface area contributed by atoms with Crippen molar-refractivity contribution in [2.24, 2.45) is 0 Å². The van der Waals surface area contributed by atoms with Gasteiger partial charge in [0, 0.05) is 23.7 Å². The quantitative estimate of drug-likeness (QED) is 0.169. The third-order valence-electron chi connectivity index (χ3n) is 4.81. The molecule has 0 fully saturated rings. The van der Waals surface area contributed by atoms with Crippen molar-refractivity contribution in [3.05, 3.63) is 63.2 Å². The molecule has 0 bridgehead atoms. The van der Waals surface area contributed by atoms with Gasteiger partial charge in [0.05, 0.1) is 24.9 Å². The molecule has 2 aromatic carbocycles. The molecule has 0 aliphatic rings. The first-order valence-electron chi connectivity index (χ1n) is 10.3. The summed E-state index contributed by atoms with van der Waals surface area (Å²) in [6.07, 6.45) is 0.628. The van der Waals surface area contributed by atoms with E-state index >= 15 is 0 Å². The van der Waals surface area contributed by atoms with Gasteiger partial charge < -0.3 is 14.8 Å². The molecular formula is C22H23N5O6S2. The number of nitrogens with one attached hydrogen (secondary N) is 2. The highest BCUT2D eigenvalue weighted by Gasteiger charge is 2.17. The van der Waals surface area contributed by atoms with E-state index in [1.807, 2.05) is 18.2 Å². The standard InChI is InChI=1S/C22H23N5O6S2/c1-13-4-6-15(11-16(13)27(30)31)20(29)24-21-25-26-22(35-21)34-12-19(28)23-9-8-14-5-7-17(32-2)18(10-14)33-3/h4-7,10-11H,8-9,12H2,1-3H3,(H,23,28)(H,24,25,29). The van der Waals surface area contributed by atoms with Crippen molar-refractivity contribution in [2.45, 2.75) is 17.7 Å². The summed E-state index contributed by atoms with van der Waals surface area (Å²) in [7, 11) is 3.14. The molecule has 0 spiro atoms. The monoisotopic (exact) mass is 517 g/mol. The number of rotatable bonds is 11. The number of benzene rings is 2. The van der Waals surface area contributed by atoms with Gasteiger partial charge in [-0.1, -0.05) is 35.2 Å². The van der Waals surface area contributed by atoms with E-state index < -0.39 is 10.8 Å². The lowest BCUT2D eigenvalue weighted by Gasteiger charge is -2.10. The van der Waals surface area contributed by atoms with E-state index in [0.717, 1.165) is 16.9 Å². The van der Waals surface area contributed by atoms with E-state index in [1.54, 1.807) is 21.1 Å². The summed E-state index contributed by atoms with van der Waals surface area (Å²) in [5, 5.41) is 24.6. The Kier molecular flexibility index (Phi) is 8.98. The lowest BCUT2D eigenvalue weighted by atomic mass is 10.1. The fourth-order valence-corrected chi connectivity index (χ4v) is 4.57. The van der Waals surface area contributed by atoms with Gasteiger partial charge in [-0.25, -0.2) is 0 Å². The number of anilines is 1. The number of carbonyl (C=O) groups excluding carboxylic acids is 2. The molecule has 0 radical (unpaired) electrons. The topological polar surface area (TPSA) is 146 Å². The van der Waals surface area contributed by atoms with Gasteiger partial charge in [0.1, 0.15) is 0 Å². The summed E-state index contributed by atoms with van der Waals surface area (Å²) in [6.45, 7) is 2.05. The number of carbonyl (C=O) groups is 2. The Balaban J connectivity index is 1.45. The van der Waals surface area contributed by atoms with Crippen LogP contribution < -0.4 is 20.1 Å². The van der Waals surface area contributed by atoms with Crippen LogP contribution in [0.1, 0.15) is 21.5 Å². The zero-order valence-corrected chi connectivity index (χ0v) is 20.8. The minimum atomic E-state index is -0.537.